The summed E-state index contributed by atoms with van der Waals surface area (Å²) in [5.41, 5.74) is 1.35. The molecule has 3 atom stereocenters. The van der Waals surface area contributed by atoms with Gasteiger partial charge in [0, 0.05) is 30.8 Å². The first kappa shape index (κ1) is 25.6. The van der Waals surface area contributed by atoms with E-state index in [0.29, 0.717) is 35.4 Å². The van der Waals surface area contributed by atoms with Crippen LogP contribution in [0.25, 0.3) is 0 Å². The molecule has 0 spiro atoms. The van der Waals surface area contributed by atoms with Crippen LogP contribution in [0.5, 0.6) is 5.75 Å². The average Bonchev–Trinajstić information content (AvgIpc) is 2.86. The summed E-state index contributed by atoms with van der Waals surface area (Å²) in [5.74, 6) is -0.697. The summed E-state index contributed by atoms with van der Waals surface area (Å²) in [4.78, 5) is 39.5. The molecule has 0 bridgehead atoms. The van der Waals surface area contributed by atoms with Gasteiger partial charge in [0.1, 0.15) is 24.3 Å². The number of carbonyl (C=O) groups excluding carboxylic acids is 3. The van der Waals surface area contributed by atoms with Crippen LogP contribution in [0, 0.1) is 11.7 Å². The molecule has 9 heteroatoms. The van der Waals surface area contributed by atoms with E-state index in [9.17, 15) is 18.8 Å². The summed E-state index contributed by atoms with van der Waals surface area (Å²) in [6.45, 7) is 3.93. The number of hydrogen-bond donors (Lipinski definition) is 2. The number of anilines is 1. The number of ether oxygens (including phenoxy) is 2. The molecular formula is C27H32FN3O5. The van der Waals surface area contributed by atoms with Gasteiger partial charge in [0.15, 0.2) is 0 Å². The van der Waals surface area contributed by atoms with E-state index in [1.54, 1.807) is 62.2 Å². The van der Waals surface area contributed by atoms with Crippen LogP contribution in [-0.4, -0.2) is 54.5 Å². The normalized spacial score (nSPS) is 21.5. The molecule has 2 aliphatic rings. The van der Waals surface area contributed by atoms with Crippen molar-refractivity contribution in [3.05, 3.63) is 59.4 Å². The van der Waals surface area contributed by atoms with Crippen LogP contribution >= 0.6 is 0 Å². The zero-order valence-electron chi connectivity index (χ0n) is 20.8. The number of nitrogens with one attached hydrogen (secondary N) is 2. The Kier molecular flexibility index (Phi) is 7.88. The Bertz CT molecular complexity index is 1140. The highest BCUT2D eigenvalue weighted by molar-refractivity contribution is 6.00. The van der Waals surface area contributed by atoms with Crippen molar-refractivity contribution in [1.82, 2.24) is 10.2 Å². The molecule has 0 radical (unpaired) electrons. The van der Waals surface area contributed by atoms with Gasteiger partial charge in [-0.25, -0.2) is 4.39 Å². The minimum Gasteiger partial charge on any atom is -0.490 e. The lowest BCUT2D eigenvalue weighted by molar-refractivity contribution is -0.134. The molecule has 4 rings (SSSR count). The van der Waals surface area contributed by atoms with E-state index < -0.39 is 6.10 Å². The minimum atomic E-state index is -0.398. The van der Waals surface area contributed by atoms with Gasteiger partial charge < -0.3 is 25.0 Å². The van der Waals surface area contributed by atoms with Crippen molar-refractivity contribution in [2.24, 2.45) is 5.92 Å². The highest BCUT2D eigenvalue weighted by Crippen LogP contribution is 2.32. The lowest BCUT2D eigenvalue weighted by Gasteiger charge is -2.42. The number of rotatable bonds is 6. The third kappa shape index (κ3) is 5.84. The molecule has 3 amide bonds. The maximum Gasteiger partial charge on any atom is 0.257 e. The zero-order valence-corrected chi connectivity index (χ0v) is 20.8. The van der Waals surface area contributed by atoms with Crippen LogP contribution in [0.2, 0.25) is 0 Å². The molecule has 1 fully saturated rings. The van der Waals surface area contributed by atoms with Crippen LogP contribution in [0.4, 0.5) is 10.1 Å². The first-order chi connectivity index (χ1) is 17.2. The first-order valence-electron chi connectivity index (χ1n) is 12.2. The van der Waals surface area contributed by atoms with E-state index in [1.807, 2.05) is 0 Å². The fourth-order valence-corrected chi connectivity index (χ4v) is 4.51. The van der Waals surface area contributed by atoms with Crippen molar-refractivity contribution in [1.29, 1.82) is 0 Å². The fourth-order valence-electron chi connectivity index (χ4n) is 4.51. The standard InChI is InChI=1S/C27H32FN3O5/c1-16(2)26(33)30-18-8-11-23-20(12-18)27(34)31(3)22-10-9-19(36-24(22)15-35-23)13-25(32)29-14-17-6-4-5-7-21(17)28/h4-8,11-12,16,19,22,24H,9-10,13-15H2,1-3H3,(H,29,32)(H,30,33)/t19-,22+,24+/m1/s1. The molecule has 2 aliphatic heterocycles. The molecule has 36 heavy (non-hydrogen) atoms. The van der Waals surface area contributed by atoms with Crippen LogP contribution in [0.3, 0.4) is 0 Å². The Balaban J connectivity index is 1.39. The average molecular weight is 498 g/mol. The van der Waals surface area contributed by atoms with Gasteiger partial charge >= 0.3 is 0 Å². The summed E-state index contributed by atoms with van der Waals surface area (Å²) in [6.07, 6.45) is 0.673. The number of halogens is 1. The van der Waals surface area contributed by atoms with Crippen molar-refractivity contribution in [3.63, 3.8) is 0 Å². The molecule has 0 aliphatic carbocycles. The van der Waals surface area contributed by atoms with Crippen LogP contribution in [0.1, 0.15) is 49.0 Å². The van der Waals surface area contributed by atoms with Gasteiger partial charge in [0.25, 0.3) is 5.91 Å². The number of likely N-dealkylation sites (N-methyl/N-ethyl adjacent to an activating group) is 1. The fraction of sp³-hybridized carbons (Fsp3) is 0.444. The molecule has 0 unspecified atom stereocenters. The monoisotopic (exact) mass is 497 g/mol. The number of hydrogen-bond acceptors (Lipinski definition) is 5. The lowest BCUT2D eigenvalue weighted by Crippen LogP contribution is -2.53. The number of nitrogens with zero attached hydrogens (tertiary/aromatic N) is 1. The summed E-state index contributed by atoms with van der Waals surface area (Å²) in [5, 5.41) is 5.57. The van der Waals surface area contributed by atoms with Gasteiger partial charge in [0.05, 0.1) is 24.1 Å². The Labute approximate surface area is 210 Å². The Hall–Kier alpha value is -3.46. The van der Waals surface area contributed by atoms with Crippen molar-refractivity contribution in [3.8, 4) is 5.75 Å². The highest BCUT2D eigenvalue weighted by atomic mass is 19.1. The molecule has 0 aromatic heterocycles. The lowest BCUT2D eigenvalue weighted by atomic mass is 9.94. The van der Waals surface area contributed by atoms with E-state index in [0.717, 1.165) is 0 Å². The summed E-state index contributed by atoms with van der Waals surface area (Å²) in [7, 11) is 1.74. The van der Waals surface area contributed by atoms with Crippen LogP contribution in [0.15, 0.2) is 42.5 Å². The topological polar surface area (TPSA) is 97.0 Å². The molecule has 8 nitrogen and oxygen atoms in total. The van der Waals surface area contributed by atoms with Gasteiger partial charge in [-0.05, 0) is 37.1 Å². The molecule has 1 saturated heterocycles. The Morgan fingerprint density at radius 2 is 1.94 bits per heavy atom. The third-order valence-electron chi connectivity index (χ3n) is 6.65. The quantitative estimate of drug-likeness (QED) is 0.637. The molecular weight excluding hydrogens is 465 g/mol. The number of benzene rings is 2. The molecule has 192 valence electrons. The third-order valence-corrected chi connectivity index (χ3v) is 6.65. The molecule has 2 heterocycles. The van der Waals surface area contributed by atoms with E-state index in [4.69, 9.17) is 9.47 Å². The second-order valence-corrected chi connectivity index (χ2v) is 9.60. The summed E-state index contributed by atoms with van der Waals surface area (Å²) < 4.78 is 26.0. The van der Waals surface area contributed by atoms with Crippen molar-refractivity contribution in [2.75, 3.05) is 19.0 Å². The number of fused-ring (bicyclic) bond motifs is 2. The van der Waals surface area contributed by atoms with Gasteiger partial charge in [-0.15, -0.1) is 0 Å². The van der Waals surface area contributed by atoms with Gasteiger partial charge in [-0.2, -0.15) is 0 Å². The number of carbonyl (C=O) groups is 3. The second-order valence-electron chi connectivity index (χ2n) is 9.60. The van der Waals surface area contributed by atoms with Gasteiger partial charge in [0.2, 0.25) is 11.8 Å². The highest BCUT2D eigenvalue weighted by Gasteiger charge is 2.39. The molecule has 2 N–H and O–H groups in total. The van der Waals surface area contributed by atoms with Gasteiger partial charge in [-0.3, -0.25) is 14.4 Å². The molecule has 0 saturated carbocycles. The van der Waals surface area contributed by atoms with E-state index >= 15 is 0 Å². The second kappa shape index (κ2) is 11.1. The van der Waals surface area contributed by atoms with E-state index in [-0.39, 0.29) is 61.2 Å². The first-order valence-corrected chi connectivity index (χ1v) is 12.2. The smallest absolute Gasteiger partial charge is 0.257 e. The minimum absolute atomic E-state index is 0.112. The van der Waals surface area contributed by atoms with Gasteiger partial charge in [-0.1, -0.05) is 32.0 Å². The maximum absolute atomic E-state index is 13.8. The maximum atomic E-state index is 13.8. The van der Waals surface area contributed by atoms with Crippen molar-refractivity contribution >= 4 is 23.4 Å². The van der Waals surface area contributed by atoms with Crippen molar-refractivity contribution in [2.45, 2.75) is 57.9 Å². The van der Waals surface area contributed by atoms with E-state index in [1.165, 1.54) is 6.07 Å². The van der Waals surface area contributed by atoms with E-state index in [2.05, 4.69) is 10.6 Å². The summed E-state index contributed by atoms with van der Waals surface area (Å²) in [6, 6.07) is 11.1. The number of amides is 3. The molecule has 2 aromatic rings. The predicted octanol–water partition coefficient (Wildman–Crippen LogP) is 3.51. The molecule has 2 aromatic carbocycles. The predicted molar refractivity (Wildman–Crippen MR) is 132 cm³/mol. The van der Waals surface area contributed by atoms with Crippen LogP contribution in [-0.2, 0) is 20.9 Å². The Morgan fingerprint density at radius 3 is 2.69 bits per heavy atom. The zero-order chi connectivity index (χ0) is 25.8. The SMILES string of the molecule is CC(C)C(=O)Nc1ccc2c(c1)C(=O)N(C)[C@H]1CC[C@H](CC(=O)NCc3ccccc3F)O[C@H]1CO2. The largest absolute Gasteiger partial charge is 0.490 e. The Morgan fingerprint density at radius 1 is 1.17 bits per heavy atom. The van der Waals surface area contributed by atoms with Crippen molar-refractivity contribution < 1.29 is 28.2 Å². The summed E-state index contributed by atoms with van der Waals surface area (Å²) >= 11 is 0. The van der Waals surface area contributed by atoms with Crippen LogP contribution < -0.4 is 15.4 Å².